The minimum atomic E-state index is -2.88. The predicted octanol–water partition coefficient (Wildman–Crippen LogP) is 4.50. The molecule has 1 N–H and O–H groups in total. The molecule has 0 fully saturated rings. The summed E-state index contributed by atoms with van der Waals surface area (Å²) in [7, 11) is 1.47. The van der Waals surface area contributed by atoms with Crippen molar-refractivity contribution in [3.8, 4) is 22.6 Å². The molecule has 0 aliphatic rings. The third kappa shape index (κ3) is 4.20. The van der Waals surface area contributed by atoms with Crippen LogP contribution in [0.4, 0.5) is 20.4 Å². The zero-order chi connectivity index (χ0) is 17.6. The summed E-state index contributed by atoms with van der Waals surface area (Å²) in [5.41, 5.74) is 1.55. The van der Waals surface area contributed by atoms with E-state index in [9.17, 15) is 8.78 Å². The van der Waals surface area contributed by atoms with Gasteiger partial charge in [-0.1, -0.05) is 6.07 Å². The summed E-state index contributed by atoms with van der Waals surface area (Å²) in [4.78, 5) is 8.44. The van der Waals surface area contributed by atoms with Crippen molar-refractivity contribution >= 4 is 11.6 Å². The van der Waals surface area contributed by atoms with E-state index >= 15 is 0 Å². The first-order valence-electron chi connectivity index (χ1n) is 7.43. The van der Waals surface area contributed by atoms with Gasteiger partial charge in [-0.3, -0.25) is 0 Å². The predicted molar refractivity (Wildman–Crippen MR) is 90.4 cm³/mol. The number of methoxy groups -OCH3 is 1. The van der Waals surface area contributed by atoms with Crippen LogP contribution in [0.25, 0.3) is 11.1 Å². The molecule has 1 aromatic carbocycles. The summed E-state index contributed by atoms with van der Waals surface area (Å²) in [5.74, 6) is 1.73. The van der Waals surface area contributed by atoms with Crippen LogP contribution in [0.15, 0.2) is 60.9 Å². The number of nitrogens with zero attached hydrogens (tertiary/aromatic N) is 2. The van der Waals surface area contributed by atoms with Crippen LogP contribution in [0.1, 0.15) is 0 Å². The SMILES string of the molecule is COc1cc(OC(F)F)ccc1-c1ccnc(Nc2ccccn2)c1. The van der Waals surface area contributed by atoms with Crippen LogP contribution in [0, 0.1) is 0 Å². The number of rotatable bonds is 6. The normalized spacial score (nSPS) is 10.6. The van der Waals surface area contributed by atoms with Gasteiger partial charge in [0, 0.05) is 24.0 Å². The summed E-state index contributed by atoms with van der Waals surface area (Å²) in [6.45, 7) is -2.88. The topological polar surface area (TPSA) is 56.3 Å². The zero-order valence-corrected chi connectivity index (χ0v) is 13.3. The molecule has 3 aromatic rings. The van der Waals surface area contributed by atoms with E-state index in [2.05, 4.69) is 20.0 Å². The molecule has 0 saturated heterocycles. The molecule has 0 unspecified atom stereocenters. The van der Waals surface area contributed by atoms with Gasteiger partial charge in [0.15, 0.2) is 0 Å². The van der Waals surface area contributed by atoms with Crippen LogP contribution >= 0.6 is 0 Å². The van der Waals surface area contributed by atoms with Gasteiger partial charge in [0.1, 0.15) is 23.1 Å². The Morgan fingerprint density at radius 3 is 2.52 bits per heavy atom. The number of hydrogen-bond acceptors (Lipinski definition) is 5. The molecule has 0 radical (unpaired) electrons. The summed E-state index contributed by atoms with van der Waals surface area (Å²) in [6.07, 6.45) is 3.32. The molecule has 0 amide bonds. The van der Waals surface area contributed by atoms with Crippen molar-refractivity contribution in [2.24, 2.45) is 0 Å². The molecule has 5 nitrogen and oxygen atoms in total. The molecule has 0 atom stereocenters. The number of aromatic nitrogens is 2. The van der Waals surface area contributed by atoms with E-state index in [-0.39, 0.29) is 5.75 Å². The van der Waals surface area contributed by atoms with Crippen LogP contribution in [-0.4, -0.2) is 23.7 Å². The molecular weight excluding hydrogens is 328 g/mol. The Morgan fingerprint density at radius 2 is 1.80 bits per heavy atom. The van der Waals surface area contributed by atoms with Crippen LogP contribution in [-0.2, 0) is 0 Å². The van der Waals surface area contributed by atoms with Crippen molar-refractivity contribution in [3.63, 3.8) is 0 Å². The van der Waals surface area contributed by atoms with Crippen LogP contribution in [0.3, 0.4) is 0 Å². The number of pyridine rings is 2. The monoisotopic (exact) mass is 343 g/mol. The van der Waals surface area contributed by atoms with Gasteiger partial charge in [0.05, 0.1) is 7.11 Å². The first-order valence-corrected chi connectivity index (χ1v) is 7.43. The van der Waals surface area contributed by atoms with E-state index in [1.54, 1.807) is 24.5 Å². The molecule has 0 aliphatic heterocycles. The number of benzene rings is 1. The van der Waals surface area contributed by atoms with Crippen LogP contribution < -0.4 is 14.8 Å². The molecule has 25 heavy (non-hydrogen) atoms. The Kier molecular flexibility index (Phi) is 5.03. The van der Waals surface area contributed by atoms with Crippen molar-refractivity contribution in [3.05, 3.63) is 60.9 Å². The summed E-state index contributed by atoms with van der Waals surface area (Å²) in [6, 6.07) is 13.7. The van der Waals surface area contributed by atoms with E-state index in [4.69, 9.17) is 4.74 Å². The van der Waals surface area contributed by atoms with E-state index in [1.807, 2.05) is 24.3 Å². The lowest BCUT2D eigenvalue weighted by molar-refractivity contribution is -0.0499. The molecule has 2 heterocycles. The van der Waals surface area contributed by atoms with Crippen molar-refractivity contribution in [2.75, 3.05) is 12.4 Å². The minimum Gasteiger partial charge on any atom is -0.496 e. The standard InChI is InChI=1S/C18H15F2N3O2/c1-24-15-11-13(25-18(19)20)5-6-14(15)12-7-9-22-17(10-12)23-16-4-2-3-8-21-16/h2-11,18H,1H3,(H,21,22,23). The van der Waals surface area contributed by atoms with E-state index in [0.717, 1.165) is 11.1 Å². The van der Waals surface area contributed by atoms with Gasteiger partial charge in [-0.25, -0.2) is 9.97 Å². The second kappa shape index (κ2) is 7.57. The highest BCUT2D eigenvalue weighted by Crippen LogP contribution is 2.34. The highest BCUT2D eigenvalue weighted by Gasteiger charge is 2.11. The molecule has 0 bridgehead atoms. The second-order valence-electron chi connectivity index (χ2n) is 5.01. The third-order valence-electron chi connectivity index (χ3n) is 3.39. The zero-order valence-electron chi connectivity index (χ0n) is 13.3. The van der Waals surface area contributed by atoms with Crippen molar-refractivity contribution < 1.29 is 18.3 Å². The lowest BCUT2D eigenvalue weighted by Crippen LogP contribution is -2.02. The number of alkyl halides is 2. The smallest absolute Gasteiger partial charge is 0.387 e. The van der Waals surface area contributed by atoms with Gasteiger partial charge in [-0.15, -0.1) is 0 Å². The highest BCUT2D eigenvalue weighted by atomic mass is 19.3. The lowest BCUT2D eigenvalue weighted by atomic mass is 10.1. The fourth-order valence-electron chi connectivity index (χ4n) is 2.32. The van der Waals surface area contributed by atoms with Crippen LogP contribution in [0.2, 0.25) is 0 Å². The first-order chi connectivity index (χ1) is 12.2. The Morgan fingerprint density at radius 1 is 0.960 bits per heavy atom. The quantitative estimate of drug-likeness (QED) is 0.714. The molecule has 0 aliphatic carbocycles. The largest absolute Gasteiger partial charge is 0.496 e. The maximum Gasteiger partial charge on any atom is 0.387 e. The number of anilines is 2. The molecule has 3 rings (SSSR count). The second-order valence-corrected chi connectivity index (χ2v) is 5.01. The van der Waals surface area contributed by atoms with Crippen molar-refractivity contribution in [2.45, 2.75) is 6.61 Å². The lowest BCUT2D eigenvalue weighted by Gasteiger charge is -2.12. The molecule has 0 spiro atoms. The number of halogens is 2. The molecule has 7 heteroatoms. The Hall–Kier alpha value is -3.22. The fraction of sp³-hybridized carbons (Fsp3) is 0.111. The number of hydrogen-bond donors (Lipinski definition) is 1. The Balaban J connectivity index is 1.90. The summed E-state index contributed by atoms with van der Waals surface area (Å²) < 4.78 is 34.4. The van der Waals surface area contributed by atoms with Gasteiger partial charge in [0.2, 0.25) is 0 Å². The van der Waals surface area contributed by atoms with Gasteiger partial charge in [-0.05, 0) is 42.0 Å². The summed E-state index contributed by atoms with van der Waals surface area (Å²) >= 11 is 0. The minimum absolute atomic E-state index is 0.0384. The van der Waals surface area contributed by atoms with Gasteiger partial charge in [-0.2, -0.15) is 8.78 Å². The average molecular weight is 343 g/mol. The average Bonchev–Trinajstić information content (AvgIpc) is 2.62. The Bertz CT molecular complexity index is 845. The third-order valence-corrected chi connectivity index (χ3v) is 3.39. The molecular formula is C18H15F2N3O2. The maximum absolute atomic E-state index is 12.4. The molecule has 128 valence electrons. The fourth-order valence-corrected chi connectivity index (χ4v) is 2.32. The van der Waals surface area contributed by atoms with Crippen molar-refractivity contribution in [1.29, 1.82) is 0 Å². The first kappa shape index (κ1) is 16.6. The molecule has 0 saturated carbocycles. The Labute approximate surface area is 143 Å². The number of ether oxygens (including phenoxy) is 2. The van der Waals surface area contributed by atoms with Gasteiger partial charge >= 0.3 is 6.61 Å². The highest BCUT2D eigenvalue weighted by molar-refractivity contribution is 5.74. The summed E-state index contributed by atoms with van der Waals surface area (Å²) in [5, 5.41) is 3.10. The maximum atomic E-state index is 12.4. The molecule has 2 aromatic heterocycles. The van der Waals surface area contributed by atoms with Crippen molar-refractivity contribution in [1.82, 2.24) is 9.97 Å². The van der Waals surface area contributed by atoms with Gasteiger partial charge in [0.25, 0.3) is 0 Å². The van der Waals surface area contributed by atoms with E-state index < -0.39 is 6.61 Å². The van der Waals surface area contributed by atoms with Gasteiger partial charge < -0.3 is 14.8 Å². The number of nitrogens with one attached hydrogen (secondary N) is 1. The van der Waals surface area contributed by atoms with Crippen LogP contribution in [0.5, 0.6) is 11.5 Å². The van der Waals surface area contributed by atoms with E-state index in [0.29, 0.717) is 17.4 Å². The van der Waals surface area contributed by atoms with E-state index in [1.165, 1.54) is 19.2 Å².